The first-order chi connectivity index (χ1) is 15.3. The van der Waals surface area contributed by atoms with Crippen molar-refractivity contribution >= 4 is 22.9 Å². The lowest BCUT2D eigenvalue weighted by molar-refractivity contribution is -0.143. The van der Waals surface area contributed by atoms with E-state index in [9.17, 15) is 14.4 Å². The molecule has 0 saturated heterocycles. The Labute approximate surface area is 182 Å². The van der Waals surface area contributed by atoms with E-state index in [0.717, 1.165) is 10.3 Å². The Kier molecular flexibility index (Phi) is 5.25. The van der Waals surface area contributed by atoms with E-state index >= 15 is 0 Å². The number of benzene rings is 1. The molecule has 3 heterocycles. The largest absolute Gasteiger partial charge is 0.497 e. The minimum atomic E-state index is -0.665. The molecule has 0 radical (unpaired) electrons. The van der Waals surface area contributed by atoms with Gasteiger partial charge in [-0.05, 0) is 26.0 Å². The average Bonchev–Trinajstić information content (AvgIpc) is 3.29. The van der Waals surface area contributed by atoms with Crippen molar-refractivity contribution in [2.24, 2.45) is 7.05 Å². The molecule has 0 aliphatic heterocycles. The monoisotopic (exact) mass is 441 g/mol. The molecule has 11 heteroatoms. The number of carbonyl (C=O) groups is 1. The fraction of sp³-hybridized carbons (Fsp3) is 0.333. The van der Waals surface area contributed by atoms with Crippen LogP contribution in [0.2, 0.25) is 0 Å². The maximum absolute atomic E-state index is 13.2. The van der Waals surface area contributed by atoms with Gasteiger partial charge in [-0.3, -0.25) is 23.1 Å². The normalized spacial score (nSPS) is 11.3. The molecule has 0 amide bonds. The highest BCUT2D eigenvalue weighted by atomic mass is 16.5. The summed E-state index contributed by atoms with van der Waals surface area (Å²) in [5.74, 6) is 0.937. The van der Waals surface area contributed by atoms with Gasteiger partial charge in [-0.2, -0.15) is 4.98 Å². The smallest absolute Gasteiger partial charge is 0.333 e. The van der Waals surface area contributed by atoms with E-state index < -0.39 is 23.8 Å². The summed E-state index contributed by atoms with van der Waals surface area (Å²) in [5.41, 5.74) is 0.524. The Balaban J connectivity index is 2.04. The second-order valence-corrected chi connectivity index (χ2v) is 7.14. The molecular formula is C21H23N5O6. The Bertz CT molecular complexity index is 1470. The van der Waals surface area contributed by atoms with Crippen molar-refractivity contribution < 1.29 is 19.0 Å². The SMILES string of the molecule is CCOC(=O)Cn1c(=O)c2c(nc3n(-c4cc(OC)ccc4OC)c(C)cn23)n(C)c1=O. The predicted octanol–water partition coefficient (Wildman–Crippen LogP) is 1.03. The summed E-state index contributed by atoms with van der Waals surface area (Å²) >= 11 is 0. The van der Waals surface area contributed by atoms with Crippen LogP contribution in [-0.4, -0.2) is 49.9 Å². The van der Waals surface area contributed by atoms with Crippen LogP contribution in [0.25, 0.3) is 22.6 Å². The molecule has 0 aliphatic rings. The molecule has 32 heavy (non-hydrogen) atoms. The summed E-state index contributed by atoms with van der Waals surface area (Å²) in [6, 6.07) is 5.34. The van der Waals surface area contributed by atoms with E-state index in [4.69, 9.17) is 14.2 Å². The maximum atomic E-state index is 13.2. The van der Waals surface area contributed by atoms with Crippen molar-refractivity contribution in [2.45, 2.75) is 20.4 Å². The van der Waals surface area contributed by atoms with Crippen molar-refractivity contribution in [3.05, 3.63) is 50.9 Å². The quantitative estimate of drug-likeness (QED) is 0.411. The number of carbonyl (C=O) groups excluding carboxylic acids is 1. The van der Waals surface area contributed by atoms with E-state index in [2.05, 4.69) is 4.98 Å². The van der Waals surface area contributed by atoms with Gasteiger partial charge in [0, 0.05) is 25.0 Å². The highest BCUT2D eigenvalue weighted by molar-refractivity contribution is 5.77. The Morgan fingerprint density at radius 3 is 2.56 bits per heavy atom. The van der Waals surface area contributed by atoms with Crippen molar-refractivity contribution in [1.82, 2.24) is 23.1 Å². The van der Waals surface area contributed by atoms with Gasteiger partial charge >= 0.3 is 11.7 Å². The van der Waals surface area contributed by atoms with Crippen molar-refractivity contribution in [2.75, 3.05) is 20.8 Å². The number of ether oxygens (including phenoxy) is 3. The summed E-state index contributed by atoms with van der Waals surface area (Å²) in [6.45, 7) is 3.18. The van der Waals surface area contributed by atoms with E-state index in [1.54, 1.807) is 54.5 Å². The molecule has 11 nitrogen and oxygen atoms in total. The molecule has 0 unspecified atom stereocenters. The first-order valence-electron chi connectivity index (χ1n) is 9.90. The summed E-state index contributed by atoms with van der Waals surface area (Å²) in [6.07, 6.45) is 1.74. The Morgan fingerprint density at radius 2 is 1.91 bits per heavy atom. The fourth-order valence-electron chi connectivity index (χ4n) is 3.75. The topological polar surface area (TPSA) is 111 Å². The molecule has 168 valence electrons. The zero-order valence-electron chi connectivity index (χ0n) is 18.4. The van der Waals surface area contributed by atoms with Crippen LogP contribution in [0.15, 0.2) is 34.0 Å². The van der Waals surface area contributed by atoms with Crippen LogP contribution < -0.4 is 20.7 Å². The molecule has 0 aliphatic carbocycles. The van der Waals surface area contributed by atoms with E-state index in [-0.39, 0.29) is 17.8 Å². The molecule has 0 fully saturated rings. The van der Waals surface area contributed by atoms with Crippen LogP contribution in [0, 0.1) is 6.92 Å². The van der Waals surface area contributed by atoms with E-state index in [1.165, 1.54) is 11.6 Å². The van der Waals surface area contributed by atoms with Crippen molar-refractivity contribution in [1.29, 1.82) is 0 Å². The first-order valence-corrected chi connectivity index (χ1v) is 9.90. The molecule has 4 aromatic rings. The third-order valence-corrected chi connectivity index (χ3v) is 5.25. The lowest BCUT2D eigenvalue weighted by atomic mass is 10.2. The molecule has 0 saturated carbocycles. The number of methoxy groups -OCH3 is 2. The lowest BCUT2D eigenvalue weighted by Crippen LogP contribution is -2.41. The molecular weight excluding hydrogens is 418 g/mol. The van der Waals surface area contributed by atoms with Gasteiger partial charge in [0.1, 0.15) is 18.0 Å². The number of aryl methyl sites for hydroxylation is 2. The molecule has 0 spiro atoms. The Morgan fingerprint density at radius 1 is 1.16 bits per heavy atom. The summed E-state index contributed by atoms with van der Waals surface area (Å²) < 4.78 is 21.3. The minimum Gasteiger partial charge on any atom is -0.497 e. The third-order valence-electron chi connectivity index (χ3n) is 5.25. The number of fused-ring (bicyclic) bond motifs is 3. The van der Waals surface area contributed by atoms with Crippen LogP contribution in [0.4, 0.5) is 0 Å². The van der Waals surface area contributed by atoms with E-state index in [0.29, 0.717) is 23.0 Å². The van der Waals surface area contributed by atoms with Gasteiger partial charge in [0.15, 0.2) is 11.2 Å². The number of esters is 1. The van der Waals surface area contributed by atoms with Gasteiger partial charge < -0.3 is 14.2 Å². The summed E-state index contributed by atoms with van der Waals surface area (Å²) in [7, 11) is 4.62. The number of hydrogen-bond donors (Lipinski definition) is 0. The summed E-state index contributed by atoms with van der Waals surface area (Å²) in [4.78, 5) is 42.5. The van der Waals surface area contributed by atoms with Crippen LogP contribution >= 0.6 is 0 Å². The molecule has 0 atom stereocenters. The number of imidazole rings is 2. The highest BCUT2D eigenvalue weighted by Gasteiger charge is 2.23. The van der Waals surface area contributed by atoms with Gasteiger partial charge in [0.05, 0.1) is 26.5 Å². The average molecular weight is 441 g/mol. The highest BCUT2D eigenvalue weighted by Crippen LogP contribution is 2.31. The van der Waals surface area contributed by atoms with Gasteiger partial charge in [0.25, 0.3) is 5.56 Å². The Hall–Kier alpha value is -4.02. The van der Waals surface area contributed by atoms with Crippen LogP contribution in [0.3, 0.4) is 0 Å². The third kappa shape index (κ3) is 3.13. The lowest BCUT2D eigenvalue weighted by Gasteiger charge is -2.12. The fourth-order valence-corrected chi connectivity index (χ4v) is 3.75. The number of nitrogens with zero attached hydrogens (tertiary/aromatic N) is 5. The van der Waals surface area contributed by atoms with E-state index in [1.807, 2.05) is 6.92 Å². The zero-order chi connectivity index (χ0) is 23.2. The summed E-state index contributed by atoms with van der Waals surface area (Å²) in [5, 5.41) is 0. The molecule has 4 rings (SSSR count). The van der Waals surface area contributed by atoms with Gasteiger partial charge in [-0.15, -0.1) is 0 Å². The predicted molar refractivity (Wildman–Crippen MR) is 116 cm³/mol. The van der Waals surface area contributed by atoms with Crippen LogP contribution in [0.1, 0.15) is 12.6 Å². The second-order valence-electron chi connectivity index (χ2n) is 7.14. The van der Waals surface area contributed by atoms with Gasteiger partial charge in [0.2, 0.25) is 5.78 Å². The minimum absolute atomic E-state index is 0.150. The van der Waals surface area contributed by atoms with Crippen molar-refractivity contribution in [3.63, 3.8) is 0 Å². The molecule has 0 bridgehead atoms. The number of hydrogen-bond acceptors (Lipinski definition) is 7. The van der Waals surface area contributed by atoms with Gasteiger partial charge in [-0.1, -0.05) is 0 Å². The van der Waals surface area contributed by atoms with Crippen molar-refractivity contribution in [3.8, 4) is 17.2 Å². The van der Waals surface area contributed by atoms with Crippen LogP contribution in [-0.2, 0) is 23.1 Å². The standard InChI is InChI=1S/C21H23N5O6/c1-6-32-16(27)11-25-19(28)17-18(23(3)21(25)29)22-20-24(17)10-12(2)26(20)14-9-13(30-4)7-8-15(14)31-5/h7-10H,6,11H2,1-5H3. The molecule has 0 N–H and O–H groups in total. The first kappa shape index (κ1) is 21.2. The number of rotatable bonds is 6. The molecule has 3 aromatic heterocycles. The van der Waals surface area contributed by atoms with Gasteiger partial charge in [-0.25, -0.2) is 9.36 Å². The number of aromatic nitrogens is 5. The maximum Gasteiger partial charge on any atom is 0.333 e. The second kappa shape index (κ2) is 7.91. The van der Waals surface area contributed by atoms with Crippen LogP contribution in [0.5, 0.6) is 11.5 Å². The zero-order valence-corrected chi connectivity index (χ0v) is 18.4. The molecule has 1 aromatic carbocycles.